The summed E-state index contributed by atoms with van der Waals surface area (Å²) in [6.07, 6.45) is 5.89. The lowest BCUT2D eigenvalue weighted by Gasteiger charge is -2.14. The molecule has 1 amide bonds. The summed E-state index contributed by atoms with van der Waals surface area (Å²) in [6.45, 7) is 4.04. The van der Waals surface area contributed by atoms with Crippen LogP contribution >= 0.6 is 0 Å². The molecule has 0 bridgehead atoms. The third kappa shape index (κ3) is 3.17. The number of rotatable bonds is 6. The van der Waals surface area contributed by atoms with Crippen LogP contribution in [-0.2, 0) is 11.3 Å². The van der Waals surface area contributed by atoms with Gasteiger partial charge in [-0.3, -0.25) is 14.0 Å². The number of nitrogens with one attached hydrogen (secondary N) is 1. The fourth-order valence-electron chi connectivity index (χ4n) is 3.35. The molecule has 0 atom stereocenters. The average Bonchev–Trinajstić information content (AvgIpc) is 3.31. The summed E-state index contributed by atoms with van der Waals surface area (Å²) in [6, 6.07) is 3.49. The molecule has 1 saturated heterocycles. The topological polar surface area (TPSA) is 84.8 Å². The highest BCUT2D eigenvalue weighted by Crippen LogP contribution is 2.18. The number of hydrogen-bond acceptors (Lipinski definition) is 5. The Hall–Kier alpha value is -2.61. The summed E-state index contributed by atoms with van der Waals surface area (Å²) < 4.78 is 8.35. The molecule has 132 valence electrons. The van der Waals surface area contributed by atoms with Crippen LogP contribution in [0, 0.1) is 0 Å². The van der Waals surface area contributed by atoms with E-state index in [1.54, 1.807) is 29.1 Å². The minimum Gasteiger partial charge on any atom is -0.463 e. The maximum Gasteiger partial charge on any atom is 0.291 e. The van der Waals surface area contributed by atoms with E-state index >= 15 is 0 Å². The number of hydrogen-bond donors (Lipinski definition) is 1. The number of fused-ring (bicyclic) bond motifs is 3. The van der Waals surface area contributed by atoms with Gasteiger partial charge in [0.1, 0.15) is 11.8 Å². The maximum absolute atomic E-state index is 12.5. The quantitative estimate of drug-likeness (QED) is 0.717. The van der Waals surface area contributed by atoms with Gasteiger partial charge in [0.15, 0.2) is 5.58 Å². The van der Waals surface area contributed by atoms with Gasteiger partial charge in [0.25, 0.3) is 5.56 Å². The Labute approximate surface area is 144 Å². The Bertz CT molecular complexity index is 948. The standard InChI is InChI=1S/C17H21N5O3/c23-16(18-5-9-20-6-1-2-7-20)3-8-22-17(24)14-11-15-13(4-10-25-15)21(14)12-19-22/h4,10-12H,1-3,5-9H2,(H,18,23). The summed E-state index contributed by atoms with van der Waals surface area (Å²) in [5, 5.41) is 7.07. The van der Waals surface area contributed by atoms with Gasteiger partial charge in [-0.25, -0.2) is 4.68 Å². The Morgan fingerprint density at radius 3 is 2.92 bits per heavy atom. The van der Waals surface area contributed by atoms with E-state index in [0.29, 0.717) is 17.6 Å². The highest BCUT2D eigenvalue weighted by Gasteiger charge is 2.13. The Balaban J connectivity index is 1.36. The lowest BCUT2D eigenvalue weighted by Crippen LogP contribution is -2.34. The molecule has 0 radical (unpaired) electrons. The highest BCUT2D eigenvalue weighted by atomic mass is 16.3. The second-order valence-electron chi connectivity index (χ2n) is 6.38. The molecule has 1 aliphatic heterocycles. The van der Waals surface area contributed by atoms with Gasteiger partial charge in [-0.2, -0.15) is 5.10 Å². The molecule has 8 heteroatoms. The summed E-state index contributed by atoms with van der Waals surface area (Å²) >= 11 is 0. The molecule has 0 aromatic carbocycles. The first kappa shape index (κ1) is 15.9. The molecule has 4 heterocycles. The minimum atomic E-state index is -0.223. The number of amides is 1. The molecule has 0 aliphatic carbocycles. The van der Waals surface area contributed by atoms with Crippen LogP contribution in [0.5, 0.6) is 0 Å². The van der Waals surface area contributed by atoms with E-state index in [1.165, 1.54) is 17.5 Å². The van der Waals surface area contributed by atoms with Crippen molar-refractivity contribution < 1.29 is 9.21 Å². The molecule has 0 spiro atoms. The van der Waals surface area contributed by atoms with Crippen molar-refractivity contribution in [2.24, 2.45) is 0 Å². The van der Waals surface area contributed by atoms with Gasteiger partial charge in [0.2, 0.25) is 5.91 Å². The second kappa shape index (κ2) is 6.72. The molecule has 8 nitrogen and oxygen atoms in total. The van der Waals surface area contributed by atoms with Gasteiger partial charge < -0.3 is 14.6 Å². The summed E-state index contributed by atoms with van der Waals surface area (Å²) in [4.78, 5) is 26.8. The molecule has 0 unspecified atom stereocenters. The average molecular weight is 343 g/mol. The van der Waals surface area contributed by atoms with Gasteiger partial charge >= 0.3 is 0 Å². The molecule has 3 aromatic heterocycles. The second-order valence-corrected chi connectivity index (χ2v) is 6.38. The third-order valence-corrected chi connectivity index (χ3v) is 4.72. The van der Waals surface area contributed by atoms with Crippen LogP contribution in [0.1, 0.15) is 19.3 Å². The monoisotopic (exact) mass is 343 g/mol. The first-order valence-electron chi connectivity index (χ1n) is 8.66. The third-order valence-electron chi connectivity index (χ3n) is 4.72. The van der Waals surface area contributed by atoms with Crippen molar-refractivity contribution in [3.8, 4) is 0 Å². The predicted molar refractivity (Wildman–Crippen MR) is 92.5 cm³/mol. The fraction of sp³-hybridized carbons (Fsp3) is 0.471. The number of carbonyl (C=O) groups is 1. The highest BCUT2D eigenvalue weighted by molar-refractivity contribution is 5.81. The molecular formula is C17H21N5O3. The number of aromatic nitrogens is 3. The van der Waals surface area contributed by atoms with Crippen molar-refractivity contribution in [1.82, 2.24) is 24.4 Å². The molecule has 1 fully saturated rings. The van der Waals surface area contributed by atoms with E-state index in [1.807, 2.05) is 0 Å². The lowest BCUT2D eigenvalue weighted by molar-refractivity contribution is -0.121. The van der Waals surface area contributed by atoms with E-state index in [2.05, 4.69) is 15.3 Å². The SMILES string of the molecule is O=C(CCn1ncn2c(cc3occc32)c1=O)NCCN1CCCC1. The van der Waals surface area contributed by atoms with Crippen LogP contribution in [0.2, 0.25) is 0 Å². The lowest BCUT2D eigenvalue weighted by atomic mass is 10.4. The molecule has 0 saturated carbocycles. The fourth-order valence-corrected chi connectivity index (χ4v) is 3.35. The normalized spacial score (nSPS) is 15.4. The molecule has 1 N–H and O–H groups in total. The first-order chi connectivity index (χ1) is 12.2. The largest absolute Gasteiger partial charge is 0.463 e. The Kier molecular flexibility index (Phi) is 4.27. The Morgan fingerprint density at radius 2 is 2.08 bits per heavy atom. The number of nitrogens with zero attached hydrogens (tertiary/aromatic N) is 4. The molecule has 1 aliphatic rings. The maximum atomic E-state index is 12.5. The van der Waals surface area contributed by atoms with E-state index in [-0.39, 0.29) is 24.4 Å². The van der Waals surface area contributed by atoms with Crippen molar-refractivity contribution in [2.45, 2.75) is 25.8 Å². The zero-order valence-electron chi connectivity index (χ0n) is 14.0. The minimum absolute atomic E-state index is 0.0584. The first-order valence-corrected chi connectivity index (χ1v) is 8.66. The van der Waals surface area contributed by atoms with E-state index in [0.717, 1.165) is 25.2 Å². The van der Waals surface area contributed by atoms with Crippen molar-refractivity contribution in [3.63, 3.8) is 0 Å². The van der Waals surface area contributed by atoms with Crippen LogP contribution in [0.25, 0.3) is 16.6 Å². The summed E-state index contributed by atoms with van der Waals surface area (Å²) in [5.74, 6) is -0.0584. The van der Waals surface area contributed by atoms with Crippen molar-refractivity contribution in [2.75, 3.05) is 26.2 Å². The van der Waals surface area contributed by atoms with Crippen molar-refractivity contribution in [3.05, 3.63) is 35.1 Å². The number of furan rings is 1. The van der Waals surface area contributed by atoms with Crippen LogP contribution in [0.4, 0.5) is 0 Å². The van der Waals surface area contributed by atoms with Gasteiger partial charge in [0, 0.05) is 31.6 Å². The summed E-state index contributed by atoms with van der Waals surface area (Å²) in [5.41, 5.74) is 1.74. The zero-order chi connectivity index (χ0) is 17.2. The van der Waals surface area contributed by atoms with E-state index in [9.17, 15) is 9.59 Å². The number of aryl methyl sites for hydroxylation is 1. The number of likely N-dealkylation sites (tertiary alicyclic amines) is 1. The van der Waals surface area contributed by atoms with Crippen LogP contribution in [0.3, 0.4) is 0 Å². The number of carbonyl (C=O) groups excluding carboxylic acids is 1. The summed E-state index contributed by atoms with van der Waals surface area (Å²) in [7, 11) is 0. The molecule has 25 heavy (non-hydrogen) atoms. The molecule has 3 aromatic rings. The van der Waals surface area contributed by atoms with E-state index < -0.39 is 0 Å². The van der Waals surface area contributed by atoms with Gasteiger partial charge in [-0.15, -0.1) is 0 Å². The van der Waals surface area contributed by atoms with Gasteiger partial charge in [-0.05, 0) is 25.9 Å². The van der Waals surface area contributed by atoms with Crippen molar-refractivity contribution >= 4 is 22.5 Å². The van der Waals surface area contributed by atoms with Crippen LogP contribution in [0.15, 0.2) is 33.9 Å². The van der Waals surface area contributed by atoms with Crippen LogP contribution < -0.4 is 10.9 Å². The molecule has 4 rings (SSSR count). The smallest absolute Gasteiger partial charge is 0.291 e. The van der Waals surface area contributed by atoms with Crippen LogP contribution in [-0.4, -0.2) is 51.2 Å². The van der Waals surface area contributed by atoms with Crippen molar-refractivity contribution in [1.29, 1.82) is 0 Å². The Morgan fingerprint density at radius 1 is 1.24 bits per heavy atom. The predicted octanol–water partition coefficient (Wildman–Crippen LogP) is 0.844. The van der Waals surface area contributed by atoms with E-state index in [4.69, 9.17) is 4.42 Å². The van der Waals surface area contributed by atoms with Gasteiger partial charge in [0.05, 0.1) is 18.3 Å². The van der Waals surface area contributed by atoms with Gasteiger partial charge in [-0.1, -0.05) is 0 Å². The zero-order valence-corrected chi connectivity index (χ0v) is 14.0. The molecular weight excluding hydrogens is 322 g/mol.